The maximum Gasteiger partial charge on any atom is 0.303 e. The van der Waals surface area contributed by atoms with E-state index in [1.54, 1.807) is 0 Å². The third-order valence-corrected chi connectivity index (χ3v) is 2.64. The number of aromatic nitrogens is 2. The molecule has 0 saturated carbocycles. The lowest BCUT2D eigenvalue weighted by molar-refractivity contribution is -0.138. The fourth-order valence-electron chi connectivity index (χ4n) is 1.36. The molecule has 18 heavy (non-hydrogen) atoms. The van der Waals surface area contributed by atoms with Crippen LogP contribution >= 0.6 is 11.6 Å². The number of halogens is 1. The van der Waals surface area contributed by atoms with Gasteiger partial charge in [-0.25, -0.2) is 9.97 Å². The van der Waals surface area contributed by atoms with Crippen LogP contribution in [-0.2, 0) is 4.79 Å². The van der Waals surface area contributed by atoms with Gasteiger partial charge < -0.3 is 10.4 Å². The van der Waals surface area contributed by atoms with Gasteiger partial charge in [0.1, 0.15) is 10.8 Å². The minimum absolute atomic E-state index is 0.0308. The molecule has 1 aromatic rings. The molecular formula is C11H14ClN3O3. The summed E-state index contributed by atoms with van der Waals surface area (Å²) in [7, 11) is 0. The Morgan fingerprint density at radius 3 is 2.67 bits per heavy atom. The van der Waals surface area contributed by atoms with Gasteiger partial charge in [0.25, 0.3) is 5.91 Å². The first-order valence-electron chi connectivity index (χ1n) is 5.50. The van der Waals surface area contributed by atoms with Crippen LogP contribution in [0.1, 0.15) is 30.3 Å². The molecule has 0 radical (unpaired) electrons. The molecule has 0 aliphatic heterocycles. The number of rotatable bonds is 6. The molecule has 2 N–H and O–H groups in total. The van der Waals surface area contributed by atoms with Gasteiger partial charge in [0.15, 0.2) is 0 Å². The highest BCUT2D eigenvalue weighted by molar-refractivity contribution is 6.29. The average molecular weight is 272 g/mol. The molecule has 0 bridgehead atoms. The summed E-state index contributed by atoms with van der Waals surface area (Å²) in [6.45, 7) is 2.17. The largest absolute Gasteiger partial charge is 0.481 e. The first kappa shape index (κ1) is 14.4. The van der Waals surface area contributed by atoms with E-state index in [9.17, 15) is 9.59 Å². The standard InChI is InChI=1S/C11H14ClN3O3/c1-2-7(3-10(16)17)4-15-11(18)8-5-14-9(12)6-13-8/h5-7H,2-4H2,1H3,(H,15,18)(H,16,17). The SMILES string of the molecule is CCC(CNC(=O)c1cnc(Cl)cn1)CC(=O)O. The predicted octanol–water partition coefficient (Wildman–Crippen LogP) is 1.36. The smallest absolute Gasteiger partial charge is 0.303 e. The van der Waals surface area contributed by atoms with Crippen LogP contribution in [0.3, 0.4) is 0 Å². The molecule has 0 aliphatic rings. The summed E-state index contributed by atoms with van der Waals surface area (Å²) in [5, 5.41) is 11.5. The highest BCUT2D eigenvalue weighted by Crippen LogP contribution is 2.07. The van der Waals surface area contributed by atoms with Gasteiger partial charge in [-0.15, -0.1) is 0 Å². The maximum atomic E-state index is 11.7. The van der Waals surface area contributed by atoms with Gasteiger partial charge >= 0.3 is 5.97 Å². The summed E-state index contributed by atoms with van der Waals surface area (Å²) < 4.78 is 0. The van der Waals surface area contributed by atoms with Gasteiger partial charge in [-0.2, -0.15) is 0 Å². The summed E-state index contributed by atoms with van der Waals surface area (Å²) in [4.78, 5) is 29.8. The van der Waals surface area contributed by atoms with Crippen LogP contribution in [0, 0.1) is 5.92 Å². The lowest BCUT2D eigenvalue weighted by Gasteiger charge is -2.12. The zero-order valence-corrected chi connectivity index (χ0v) is 10.6. The second-order valence-corrected chi connectivity index (χ2v) is 4.19. The number of hydrogen-bond donors (Lipinski definition) is 2. The van der Waals surface area contributed by atoms with E-state index < -0.39 is 5.97 Å². The van der Waals surface area contributed by atoms with Crippen molar-refractivity contribution < 1.29 is 14.7 Å². The molecule has 0 fully saturated rings. The normalized spacial score (nSPS) is 11.9. The van der Waals surface area contributed by atoms with Crippen molar-refractivity contribution in [1.29, 1.82) is 0 Å². The first-order valence-corrected chi connectivity index (χ1v) is 5.88. The van der Waals surface area contributed by atoms with Crippen LogP contribution in [0.4, 0.5) is 0 Å². The molecule has 1 aromatic heterocycles. The van der Waals surface area contributed by atoms with Crippen molar-refractivity contribution in [2.24, 2.45) is 5.92 Å². The van der Waals surface area contributed by atoms with E-state index in [1.807, 2.05) is 6.92 Å². The molecular weight excluding hydrogens is 258 g/mol. The Morgan fingerprint density at radius 2 is 2.17 bits per heavy atom. The van der Waals surface area contributed by atoms with Gasteiger partial charge in [0, 0.05) is 13.0 Å². The number of carboxylic acids is 1. The van der Waals surface area contributed by atoms with Crippen molar-refractivity contribution in [3.05, 3.63) is 23.2 Å². The molecule has 98 valence electrons. The molecule has 1 rings (SSSR count). The quantitative estimate of drug-likeness (QED) is 0.815. The second-order valence-electron chi connectivity index (χ2n) is 3.81. The third-order valence-electron chi connectivity index (χ3n) is 2.44. The number of amides is 1. The van der Waals surface area contributed by atoms with Crippen molar-refractivity contribution in [1.82, 2.24) is 15.3 Å². The Hall–Kier alpha value is -1.69. The van der Waals surface area contributed by atoms with E-state index in [1.165, 1.54) is 12.4 Å². The van der Waals surface area contributed by atoms with Gasteiger partial charge in [-0.05, 0) is 5.92 Å². The van der Waals surface area contributed by atoms with E-state index in [-0.39, 0.29) is 29.1 Å². The van der Waals surface area contributed by atoms with Crippen LogP contribution in [0.5, 0.6) is 0 Å². The Balaban J connectivity index is 2.49. The maximum absolute atomic E-state index is 11.7. The van der Waals surface area contributed by atoms with Crippen molar-refractivity contribution in [2.45, 2.75) is 19.8 Å². The van der Waals surface area contributed by atoms with Crippen LogP contribution in [0.15, 0.2) is 12.4 Å². The Morgan fingerprint density at radius 1 is 1.44 bits per heavy atom. The number of nitrogens with zero attached hydrogens (tertiary/aromatic N) is 2. The predicted molar refractivity (Wildman–Crippen MR) is 65.4 cm³/mol. The topological polar surface area (TPSA) is 92.2 Å². The number of carboxylic acid groups (broad SMARTS) is 1. The molecule has 7 heteroatoms. The fourth-order valence-corrected chi connectivity index (χ4v) is 1.46. The van der Waals surface area contributed by atoms with Gasteiger partial charge in [-0.3, -0.25) is 9.59 Å². The lowest BCUT2D eigenvalue weighted by atomic mass is 10.0. The Labute approximate surface area is 109 Å². The number of nitrogens with one attached hydrogen (secondary N) is 1. The Bertz CT molecular complexity index is 422. The van der Waals surface area contributed by atoms with Gasteiger partial charge in [-0.1, -0.05) is 24.9 Å². The van der Waals surface area contributed by atoms with Crippen LogP contribution in [0.2, 0.25) is 5.15 Å². The fraction of sp³-hybridized carbons (Fsp3) is 0.455. The summed E-state index contributed by atoms with van der Waals surface area (Å²) in [5.41, 5.74) is 0.157. The molecule has 0 aromatic carbocycles. The van der Waals surface area contributed by atoms with Crippen LogP contribution in [0.25, 0.3) is 0 Å². The number of carbonyl (C=O) groups excluding carboxylic acids is 1. The zero-order chi connectivity index (χ0) is 13.5. The molecule has 0 spiro atoms. The monoisotopic (exact) mass is 271 g/mol. The molecule has 0 saturated heterocycles. The van der Waals surface area contributed by atoms with Crippen molar-refractivity contribution in [3.63, 3.8) is 0 Å². The van der Waals surface area contributed by atoms with E-state index >= 15 is 0 Å². The number of hydrogen-bond acceptors (Lipinski definition) is 4. The number of aliphatic carboxylic acids is 1. The minimum atomic E-state index is -0.873. The first-order chi connectivity index (χ1) is 8.52. The molecule has 1 unspecified atom stereocenters. The van der Waals surface area contributed by atoms with Gasteiger partial charge in [0.2, 0.25) is 0 Å². The third kappa shape index (κ3) is 4.67. The van der Waals surface area contributed by atoms with Crippen molar-refractivity contribution in [2.75, 3.05) is 6.54 Å². The molecule has 1 heterocycles. The highest BCUT2D eigenvalue weighted by atomic mass is 35.5. The summed E-state index contributed by atoms with van der Waals surface area (Å²) in [5.74, 6) is -1.35. The highest BCUT2D eigenvalue weighted by Gasteiger charge is 2.14. The minimum Gasteiger partial charge on any atom is -0.481 e. The second kappa shape index (κ2) is 6.90. The van der Waals surface area contributed by atoms with E-state index in [2.05, 4.69) is 15.3 Å². The summed E-state index contributed by atoms with van der Waals surface area (Å²) in [6, 6.07) is 0. The van der Waals surface area contributed by atoms with Crippen molar-refractivity contribution >= 4 is 23.5 Å². The Kier molecular flexibility index (Phi) is 5.51. The van der Waals surface area contributed by atoms with Crippen LogP contribution < -0.4 is 5.32 Å². The van der Waals surface area contributed by atoms with Gasteiger partial charge in [0.05, 0.1) is 12.4 Å². The van der Waals surface area contributed by atoms with E-state index in [0.717, 1.165) is 0 Å². The summed E-state index contributed by atoms with van der Waals surface area (Å²) in [6.07, 6.45) is 3.27. The summed E-state index contributed by atoms with van der Waals surface area (Å²) >= 11 is 5.55. The van der Waals surface area contributed by atoms with Crippen LogP contribution in [-0.4, -0.2) is 33.5 Å². The molecule has 0 aliphatic carbocycles. The molecule has 6 nitrogen and oxygen atoms in total. The molecule has 1 atom stereocenters. The zero-order valence-electron chi connectivity index (χ0n) is 9.89. The number of carbonyl (C=O) groups is 2. The lowest BCUT2D eigenvalue weighted by Crippen LogP contribution is -2.30. The average Bonchev–Trinajstić information content (AvgIpc) is 2.34. The van der Waals surface area contributed by atoms with E-state index in [4.69, 9.17) is 16.7 Å². The van der Waals surface area contributed by atoms with Crippen molar-refractivity contribution in [3.8, 4) is 0 Å². The van der Waals surface area contributed by atoms with E-state index in [0.29, 0.717) is 13.0 Å². The molecule has 1 amide bonds.